The van der Waals surface area contributed by atoms with Crippen LogP contribution >= 0.6 is 0 Å². The summed E-state index contributed by atoms with van der Waals surface area (Å²) >= 11 is 0. The van der Waals surface area contributed by atoms with E-state index in [1.807, 2.05) is 33.0 Å². The first-order chi connectivity index (χ1) is 13.5. The molecule has 0 saturated carbocycles. The summed E-state index contributed by atoms with van der Waals surface area (Å²) < 4.78 is 13.4. The van der Waals surface area contributed by atoms with Gasteiger partial charge >= 0.3 is 0 Å². The lowest BCUT2D eigenvalue weighted by Gasteiger charge is -2.43. The summed E-state index contributed by atoms with van der Waals surface area (Å²) in [5.74, 6) is 0.892. The molecule has 4 rings (SSSR count). The van der Waals surface area contributed by atoms with Crippen LogP contribution in [0.2, 0.25) is 0 Å². The fourth-order valence-corrected chi connectivity index (χ4v) is 4.57. The summed E-state index contributed by atoms with van der Waals surface area (Å²) in [4.78, 5) is 16.6. The quantitative estimate of drug-likeness (QED) is 0.812. The highest BCUT2D eigenvalue weighted by molar-refractivity contribution is 5.53. The van der Waals surface area contributed by atoms with Gasteiger partial charge in [-0.3, -0.25) is 9.88 Å². The minimum Gasteiger partial charge on any atom is -0.371 e. The van der Waals surface area contributed by atoms with E-state index in [-0.39, 0.29) is 5.82 Å². The van der Waals surface area contributed by atoms with Gasteiger partial charge < -0.3 is 9.80 Å². The third-order valence-corrected chi connectivity index (χ3v) is 6.15. The van der Waals surface area contributed by atoms with Gasteiger partial charge in [-0.05, 0) is 57.4 Å². The van der Waals surface area contributed by atoms with Crippen molar-refractivity contribution in [2.45, 2.75) is 39.7 Å². The number of nitrogens with zero attached hydrogens (tertiary/aromatic N) is 5. The van der Waals surface area contributed by atoms with Crippen molar-refractivity contribution in [1.29, 1.82) is 0 Å². The highest BCUT2D eigenvalue weighted by atomic mass is 19.1. The molecule has 0 atom stereocenters. The van der Waals surface area contributed by atoms with Crippen LogP contribution in [0.3, 0.4) is 0 Å². The first kappa shape index (κ1) is 19.1. The molecule has 0 bridgehead atoms. The molecule has 2 aliphatic heterocycles. The summed E-state index contributed by atoms with van der Waals surface area (Å²) in [6.45, 7) is 12.3. The van der Waals surface area contributed by atoms with Crippen molar-refractivity contribution < 1.29 is 4.39 Å². The molecule has 2 fully saturated rings. The lowest BCUT2D eigenvalue weighted by Crippen LogP contribution is -2.53. The van der Waals surface area contributed by atoms with Gasteiger partial charge in [0.1, 0.15) is 11.6 Å². The Labute approximate surface area is 167 Å². The summed E-state index contributed by atoms with van der Waals surface area (Å²) in [7, 11) is 0. The van der Waals surface area contributed by atoms with E-state index in [0.29, 0.717) is 6.04 Å². The van der Waals surface area contributed by atoms with Gasteiger partial charge in [0, 0.05) is 57.2 Å². The molecule has 1 aromatic heterocycles. The van der Waals surface area contributed by atoms with Gasteiger partial charge in [0.25, 0.3) is 0 Å². The molecule has 1 aromatic carbocycles. The third-order valence-electron chi connectivity index (χ3n) is 6.15. The Balaban J connectivity index is 1.32. The van der Waals surface area contributed by atoms with Gasteiger partial charge in [0.2, 0.25) is 0 Å². The average Bonchev–Trinajstić information content (AvgIpc) is 2.70. The number of aromatic nitrogens is 2. The Hall–Kier alpha value is -2.21. The van der Waals surface area contributed by atoms with E-state index in [4.69, 9.17) is 4.98 Å². The standard InChI is InChI=1S/C22H30FN5/c1-16-14-19(23)4-5-21(16)27-8-6-20(7-9-27)26-10-12-28(13-11-26)22-18(3)24-15-17(2)25-22/h4-5,14-15,20H,6-13H2,1-3H3. The molecular weight excluding hydrogens is 353 g/mol. The fourth-order valence-electron chi connectivity index (χ4n) is 4.57. The lowest BCUT2D eigenvalue weighted by atomic mass is 10.0. The topological polar surface area (TPSA) is 35.5 Å². The molecule has 0 amide bonds. The molecule has 0 radical (unpaired) electrons. The zero-order valence-corrected chi connectivity index (χ0v) is 17.2. The predicted molar refractivity (Wildman–Crippen MR) is 112 cm³/mol. The van der Waals surface area contributed by atoms with Gasteiger partial charge in [0.05, 0.1) is 11.4 Å². The molecule has 6 heteroatoms. The molecule has 28 heavy (non-hydrogen) atoms. The molecule has 0 unspecified atom stereocenters. The van der Waals surface area contributed by atoms with Crippen molar-refractivity contribution in [3.8, 4) is 0 Å². The second kappa shape index (κ2) is 8.03. The van der Waals surface area contributed by atoms with E-state index in [9.17, 15) is 4.39 Å². The number of piperidine rings is 1. The van der Waals surface area contributed by atoms with Crippen molar-refractivity contribution in [1.82, 2.24) is 14.9 Å². The lowest BCUT2D eigenvalue weighted by molar-refractivity contribution is 0.159. The number of anilines is 2. The Morgan fingerprint density at radius 2 is 1.64 bits per heavy atom. The van der Waals surface area contributed by atoms with E-state index >= 15 is 0 Å². The van der Waals surface area contributed by atoms with Crippen molar-refractivity contribution in [2.75, 3.05) is 49.1 Å². The van der Waals surface area contributed by atoms with Crippen molar-refractivity contribution in [3.63, 3.8) is 0 Å². The Morgan fingerprint density at radius 1 is 0.929 bits per heavy atom. The minimum atomic E-state index is -0.150. The smallest absolute Gasteiger partial charge is 0.150 e. The van der Waals surface area contributed by atoms with Crippen LogP contribution in [0.4, 0.5) is 15.9 Å². The molecule has 0 spiro atoms. The summed E-state index contributed by atoms with van der Waals surface area (Å²) in [6.07, 6.45) is 4.17. The predicted octanol–water partition coefficient (Wildman–Crippen LogP) is 3.33. The Bertz CT molecular complexity index is 824. The molecular formula is C22H30FN5. The summed E-state index contributed by atoms with van der Waals surface area (Å²) in [5.41, 5.74) is 4.20. The minimum absolute atomic E-state index is 0.150. The number of benzene rings is 1. The highest BCUT2D eigenvalue weighted by Crippen LogP contribution is 2.27. The number of hydrogen-bond acceptors (Lipinski definition) is 5. The van der Waals surface area contributed by atoms with Gasteiger partial charge in [-0.2, -0.15) is 0 Å². The van der Waals surface area contributed by atoms with Crippen LogP contribution in [0.15, 0.2) is 24.4 Å². The Morgan fingerprint density at radius 3 is 2.32 bits per heavy atom. The number of rotatable bonds is 3. The molecule has 150 valence electrons. The van der Waals surface area contributed by atoms with E-state index in [1.54, 1.807) is 12.1 Å². The van der Waals surface area contributed by atoms with Crippen LogP contribution in [-0.4, -0.2) is 60.2 Å². The van der Waals surface area contributed by atoms with Crippen molar-refractivity contribution in [2.24, 2.45) is 0 Å². The second-order valence-corrected chi connectivity index (χ2v) is 8.09. The maximum absolute atomic E-state index is 13.4. The van der Waals surface area contributed by atoms with Gasteiger partial charge in [-0.15, -0.1) is 0 Å². The van der Waals surface area contributed by atoms with Gasteiger partial charge in [-0.25, -0.2) is 9.37 Å². The number of aryl methyl sites for hydroxylation is 3. The zero-order valence-electron chi connectivity index (χ0n) is 17.2. The summed E-state index contributed by atoms with van der Waals surface area (Å²) in [5, 5.41) is 0. The van der Waals surface area contributed by atoms with Crippen LogP contribution in [-0.2, 0) is 0 Å². The van der Waals surface area contributed by atoms with Crippen molar-refractivity contribution in [3.05, 3.63) is 47.2 Å². The maximum atomic E-state index is 13.4. The van der Waals surface area contributed by atoms with E-state index in [2.05, 4.69) is 19.7 Å². The van der Waals surface area contributed by atoms with Gasteiger partial charge in [-0.1, -0.05) is 0 Å². The molecule has 2 aromatic rings. The molecule has 3 heterocycles. The molecule has 0 aliphatic carbocycles. The highest BCUT2D eigenvalue weighted by Gasteiger charge is 2.28. The maximum Gasteiger partial charge on any atom is 0.150 e. The zero-order chi connectivity index (χ0) is 19.7. The SMILES string of the molecule is Cc1cnc(C)c(N2CCN(C3CCN(c4ccc(F)cc4C)CC3)CC2)n1. The molecule has 2 aliphatic rings. The van der Waals surface area contributed by atoms with Crippen LogP contribution in [0, 0.1) is 26.6 Å². The van der Waals surface area contributed by atoms with E-state index < -0.39 is 0 Å². The van der Waals surface area contributed by atoms with Crippen LogP contribution in [0.25, 0.3) is 0 Å². The van der Waals surface area contributed by atoms with E-state index in [1.165, 1.54) is 18.5 Å². The number of piperazine rings is 1. The monoisotopic (exact) mass is 383 g/mol. The molecule has 0 N–H and O–H groups in total. The third kappa shape index (κ3) is 3.97. The first-order valence-corrected chi connectivity index (χ1v) is 10.3. The van der Waals surface area contributed by atoms with Crippen molar-refractivity contribution >= 4 is 11.5 Å². The normalized spacial score (nSPS) is 19.3. The van der Waals surface area contributed by atoms with Crippen LogP contribution in [0.1, 0.15) is 29.8 Å². The Kier molecular flexibility index (Phi) is 5.49. The number of hydrogen-bond donors (Lipinski definition) is 0. The molecule has 2 saturated heterocycles. The number of halogens is 1. The summed E-state index contributed by atoms with van der Waals surface area (Å²) in [6, 6.07) is 5.78. The molecule has 5 nitrogen and oxygen atoms in total. The first-order valence-electron chi connectivity index (χ1n) is 10.3. The van der Waals surface area contributed by atoms with Crippen LogP contribution in [0.5, 0.6) is 0 Å². The van der Waals surface area contributed by atoms with E-state index in [0.717, 1.165) is 62.0 Å². The largest absolute Gasteiger partial charge is 0.371 e. The van der Waals surface area contributed by atoms with Crippen LogP contribution < -0.4 is 9.80 Å². The average molecular weight is 384 g/mol. The second-order valence-electron chi connectivity index (χ2n) is 8.09. The van der Waals surface area contributed by atoms with Gasteiger partial charge in [0.15, 0.2) is 0 Å². The fraction of sp³-hybridized carbons (Fsp3) is 0.545.